The summed E-state index contributed by atoms with van der Waals surface area (Å²) >= 11 is 6.10. The maximum Gasteiger partial charge on any atom is 0.312 e. The zero-order valence-corrected chi connectivity index (χ0v) is 19.6. The van der Waals surface area contributed by atoms with Crippen LogP contribution in [0.2, 0.25) is 5.02 Å². The summed E-state index contributed by atoms with van der Waals surface area (Å²) in [6.45, 7) is 0. The molecular weight excluding hydrogens is 484 g/mol. The maximum absolute atomic E-state index is 13.4. The standard InChI is InChI=1S/C28H17ClO7/c1-33-20-5-3-2-4-14(20)10-23-27(32)16-7-9-22-25(28(16)36-23)17(12-24(30)35-22)19-13-34-21-8-6-15(29)11-18(21)26(19)31/h2-11,13,17H,12H2,1H3/b23-10-. The van der Waals surface area contributed by atoms with Crippen LogP contribution in [0.25, 0.3) is 17.0 Å². The lowest BCUT2D eigenvalue weighted by Crippen LogP contribution is -2.25. The van der Waals surface area contributed by atoms with E-state index in [1.807, 2.05) is 12.1 Å². The van der Waals surface area contributed by atoms with Gasteiger partial charge in [-0.1, -0.05) is 29.8 Å². The normalized spacial score (nSPS) is 17.5. The number of hydrogen-bond acceptors (Lipinski definition) is 7. The highest BCUT2D eigenvalue weighted by Gasteiger charge is 2.39. The largest absolute Gasteiger partial charge is 0.496 e. The number of carbonyl (C=O) groups excluding carboxylic acids is 2. The summed E-state index contributed by atoms with van der Waals surface area (Å²) in [5.41, 5.74) is 1.72. The van der Waals surface area contributed by atoms with Crippen molar-refractivity contribution in [3.63, 3.8) is 0 Å². The number of carbonyl (C=O) groups is 2. The lowest BCUT2D eigenvalue weighted by Gasteiger charge is -2.25. The summed E-state index contributed by atoms with van der Waals surface area (Å²) in [7, 11) is 1.54. The van der Waals surface area contributed by atoms with E-state index in [0.29, 0.717) is 38.4 Å². The van der Waals surface area contributed by atoms with E-state index in [0.717, 1.165) is 0 Å². The number of ketones is 1. The monoisotopic (exact) mass is 500 g/mol. The number of rotatable bonds is 3. The van der Waals surface area contributed by atoms with E-state index in [1.54, 1.807) is 49.6 Å². The van der Waals surface area contributed by atoms with Crippen molar-refractivity contribution in [1.82, 2.24) is 0 Å². The molecule has 1 aromatic heterocycles. The lowest BCUT2D eigenvalue weighted by atomic mass is 9.85. The first kappa shape index (κ1) is 22.1. The van der Waals surface area contributed by atoms with Gasteiger partial charge in [-0.25, -0.2) is 0 Å². The summed E-state index contributed by atoms with van der Waals surface area (Å²) < 4.78 is 22.6. The van der Waals surface area contributed by atoms with Crippen LogP contribution < -0.4 is 19.6 Å². The van der Waals surface area contributed by atoms with Crippen LogP contribution in [-0.2, 0) is 4.79 Å². The average Bonchev–Trinajstić information content (AvgIpc) is 3.19. The first-order valence-electron chi connectivity index (χ1n) is 11.1. The molecule has 178 valence electrons. The Bertz CT molecular complexity index is 1680. The van der Waals surface area contributed by atoms with Gasteiger partial charge in [0.25, 0.3) is 0 Å². The third-order valence-corrected chi connectivity index (χ3v) is 6.58. The highest BCUT2D eigenvalue weighted by Crippen LogP contribution is 2.48. The SMILES string of the molecule is COc1ccccc1/C=C1\Oc2c(ccc3c2C(c2coc4ccc(Cl)cc4c2=O)CC(=O)O3)C1=O. The van der Waals surface area contributed by atoms with Crippen molar-refractivity contribution in [2.75, 3.05) is 7.11 Å². The molecule has 6 rings (SSSR count). The van der Waals surface area contributed by atoms with Gasteiger partial charge in [-0.3, -0.25) is 14.4 Å². The lowest BCUT2D eigenvalue weighted by molar-refractivity contribution is -0.135. The van der Waals surface area contributed by atoms with Gasteiger partial charge < -0.3 is 18.6 Å². The highest BCUT2D eigenvalue weighted by molar-refractivity contribution is 6.31. The van der Waals surface area contributed by atoms with Crippen LogP contribution in [0, 0.1) is 0 Å². The molecule has 8 heteroatoms. The van der Waals surface area contributed by atoms with Crippen molar-refractivity contribution in [3.05, 3.63) is 104 Å². The molecule has 36 heavy (non-hydrogen) atoms. The third-order valence-electron chi connectivity index (χ3n) is 6.34. The van der Waals surface area contributed by atoms with Gasteiger partial charge in [0.15, 0.2) is 11.2 Å². The fourth-order valence-corrected chi connectivity index (χ4v) is 4.83. The summed E-state index contributed by atoms with van der Waals surface area (Å²) in [6.07, 6.45) is 2.82. The highest BCUT2D eigenvalue weighted by atomic mass is 35.5. The smallest absolute Gasteiger partial charge is 0.312 e. The summed E-state index contributed by atoms with van der Waals surface area (Å²) in [4.78, 5) is 39.1. The number of hydrogen-bond donors (Lipinski definition) is 0. The molecule has 0 radical (unpaired) electrons. The van der Waals surface area contributed by atoms with Gasteiger partial charge in [-0.05, 0) is 42.5 Å². The quantitative estimate of drug-likeness (QED) is 0.208. The molecule has 1 atom stereocenters. The number of methoxy groups -OCH3 is 1. The van der Waals surface area contributed by atoms with Crippen molar-refractivity contribution < 1.29 is 28.2 Å². The number of Topliss-reactive ketones (excluding diaryl/α,β-unsaturated/α-hetero) is 1. The fraction of sp³-hybridized carbons (Fsp3) is 0.107. The first-order chi connectivity index (χ1) is 17.4. The Morgan fingerprint density at radius 2 is 1.86 bits per heavy atom. The van der Waals surface area contributed by atoms with Crippen LogP contribution in [0.15, 0.2) is 75.8 Å². The van der Waals surface area contributed by atoms with Crippen molar-refractivity contribution in [3.8, 4) is 17.2 Å². The van der Waals surface area contributed by atoms with Gasteiger partial charge in [0.05, 0.1) is 30.7 Å². The van der Waals surface area contributed by atoms with E-state index in [-0.39, 0.29) is 40.5 Å². The molecule has 4 aromatic rings. The van der Waals surface area contributed by atoms with Gasteiger partial charge in [0.1, 0.15) is 22.8 Å². The molecule has 3 heterocycles. The molecule has 7 nitrogen and oxygen atoms in total. The van der Waals surface area contributed by atoms with Crippen molar-refractivity contribution >= 4 is 40.4 Å². The molecule has 0 saturated heterocycles. The van der Waals surface area contributed by atoms with Crippen LogP contribution in [0.4, 0.5) is 0 Å². The number of ether oxygens (including phenoxy) is 3. The first-order valence-corrected chi connectivity index (χ1v) is 11.5. The Morgan fingerprint density at radius 1 is 1.03 bits per heavy atom. The Morgan fingerprint density at radius 3 is 2.69 bits per heavy atom. The van der Waals surface area contributed by atoms with Crippen molar-refractivity contribution in [2.45, 2.75) is 12.3 Å². The van der Waals surface area contributed by atoms with Gasteiger partial charge >= 0.3 is 5.97 Å². The third kappa shape index (κ3) is 3.48. The van der Waals surface area contributed by atoms with Crippen LogP contribution in [-0.4, -0.2) is 18.9 Å². The van der Waals surface area contributed by atoms with E-state index < -0.39 is 11.9 Å². The molecule has 0 N–H and O–H groups in total. The topological polar surface area (TPSA) is 92.0 Å². The molecule has 0 spiro atoms. The van der Waals surface area contributed by atoms with Crippen LogP contribution in [0.3, 0.4) is 0 Å². The molecule has 0 amide bonds. The number of esters is 1. The molecule has 0 saturated carbocycles. The molecule has 3 aromatic carbocycles. The van der Waals surface area contributed by atoms with Crippen LogP contribution in [0.5, 0.6) is 17.2 Å². The van der Waals surface area contributed by atoms with E-state index in [2.05, 4.69) is 0 Å². The molecule has 2 aliphatic heterocycles. The number of para-hydroxylation sites is 1. The minimum absolute atomic E-state index is 0.0934. The summed E-state index contributed by atoms with van der Waals surface area (Å²) in [5, 5.41) is 0.679. The molecular formula is C28H17ClO7. The predicted octanol–water partition coefficient (Wildman–Crippen LogP) is 5.51. The molecule has 0 bridgehead atoms. The summed E-state index contributed by atoms with van der Waals surface area (Å²) in [6, 6.07) is 15.1. The number of benzene rings is 3. The van der Waals surface area contributed by atoms with Crippen molar-refractivity contribution in [1.29, 1.82) is 0 Å². The minimum Gasteiger partial charge on any atom is -0.496 e. The molecule has 0 aliphatic carbocycles. The van der Waals surface area contributed by atoms with Crippen molar-refractivity contribution in [2.24, 2.45) is 0 Å². The second kappa shape index (κ2) is 8.39. The van der Waals surface area contributed by atoms with Crippen LogP contribution >= 0.6 is 11.6 Å². The number of fused-ring (bicyclic) bond motifs is 4. The zero-order chi connectivity index (χ0) is 25.0. The Balaban J connectivity index is 1.51. The van der Waals surface area contributed by atoms with Gasteiger partial charge in [0.2, 0.25) is 5.78 Å². The predicted molar refractivity (Wildman–Crippen MR) is 132 cm³/mol. The van der Waals surface area contributed by atoms with E-state index in [4.69, 9.17) is 30.2 Å². The number of allylic oxidation sites excluding steroid dienone is 1. The maximum atomic E-state index is 13.4. The van der Waals surface area contributed by atoms with E-state index >= 15 is 0 Å². The fourth-order valence-electron chi connectivity index (χ4n) is 4.66. The van der Waals surface area contributed by atoms with Gasteiger partial charge in [0, 0.05) is 27.6 Å². The second-order valence-electron chi connectivity index (χ2n) is 8.43. The second-order valence-corrected chi connectivity index (χ2v) is 8.86. The van der Waals surface area contributed by atoms with Gasteiger partial charge in [-0.2, -0.15) is 0 Å². The Kier molecular flexibility index (Phi) is 5.16. The van der Waals surface area contributed by atoms with Crippen LogP contribution in [0.1, 0.15) is 39.4 Å². The molecule has 2 aliphatic rings. The average molecular weight is 501 g/mol. The zero-order valence-electron chi connectivity index (χ0n) is 18.9. The minimum atomic E-state index is -0.741. The Labute approximate surface area is 209 Å². The molecule has 0 fully saturated rings. The molecule has 1 unspecified atom stereocenters. The summed E-state index contributed by atoms with van der Waals surface area (Å²) in [5.74, 6) is -0.420. The van der Waals surface area contributed by atoms with E-state index in [9.17, 15) is 14.4 Å². The van der Waals surface area contributed by atoms with E-state index in [1.165, 1.54) is 12.3 Å². The number of halogens is 1. The van der Waals surface area contributed by atoms with Gasteiger partial charge in [-0.15, -0.1) is 0 Å². The Hall–Kier alpha value is -4.36.